The maximum Gasteiger partial charge on any atom is 0.140 e. The fourth-order valence-electron chi connectivity index (χ4n) is 3.74. The Labute approximate surface area is 178 Å². The summed E-state index contributed by atoms with van der Waals surface area (Å²) in [5, 5.41) is 4.84. The van der Waals surface area contributed by atoms with Crippen LogP contribution < -0.4 is 10.1 Å². The predicted octanol–water partition coefficient (Wildman–Crippen LogP) is 4.30. The first-order chi connectivity index (χ1) is 14.8. The Kier molecular flexibility index (Phi) is 6.81. The van der Waals surface area contributed by atoms with E-state index in [0.717, 1.165) is 49.4 Å². The molecule has 1 aliphatic heterocycles. The first-order valence-corrected chi connectivity index (χ1v) is 10.4. The molecule has 0 bridgehead atoms. The van der Waals surface area contributed by atoms with Gasteiger partial charge >= 0.3 is 0 Å². The van der Waals surface area contributed by atoms with Crippen molar-refractivity contribution in [2.24, 2.45) is 0 Å². The van der Waals surface area contributed by atoms with Crippen LogP contribution in [0.4, 0.5) is 5.69 Å². The van der Waals surface area contributed by atoms with Crippen LogP contribution >= 0.6 is 0 Å². The van der Waals surface area contributed by atoms with Crippen LogP contribution in [-0.4, -0.2) is 42.7 Å². The quantitative estimate of drug-likeness (QED) is 0.624. The Morgan fingerprint density at radius 2 is 1.90 bits per heavy atom. The number of likely N-dealkylation sites (tertiary alicyclic amines) is 1. The van der Waals surface area contributed by atoms with Gasteiger partial charge in [0.1, 0.15) is 18.5 Å². The highest BCUT2D eigenvalue weighted by Gasteiger charge is 2.19. The molecule has 1 fully saturated rings. The van der Waals surface area contributed by atoms with E-state index in [1.54, 1.807) is 7.11 Å². The molecule has 1 aromatic heterocycles. The molecule has 5 heteroatoms. The Morgan fingerprint density at radius 3 is 2.70 bits per heavy atom. The topological polar surface area (TPSA) is 46.6 Å². The fraction of sp³-hybridized carbons (Fsp3) is 0.320. The Hall–Kier alpha value is -3.07. The molecule has 2 aromatic carbocycles. The van der Waals surface area contributed by atoms with Gasteiger partial charge in [-0.3, -0.25) is 9.88 Å². The van der Waals surface area contributed by atoms with E-state index in [2.05, 4.69) is 57.6 Å². The van der Waals surface area contributed by atoms with Gasteiger partial charge in [0.25, 0.3) is 0 Å². The highest BCUT2D eigenvalue weighted by atomic mass is 16.5. The molecule has 0 spiro atoms. The van der Waals surface area contributed by atoms with E-state index in [4.69, 9.17) is 9.47 Å². The number of methoxy groups -OCH3 is 1. The second-order valence-electron chi connectivity index (χ2n) is 7.57. The summed E-state index contributed by atoms with van der Waals surface area (Å²) in [6, 6.07) is 19.1. The third-order valence-corrected chi connectivity index (χ3v) is 5.34. The summed E-state index contributed by atoms with van der Waals surface area (Å²) in [5.41, 5.74) is 3.44. The molecule has 0 unspecified atom stereocenters. The molecule has 2 heterocycles. The zero-order chi connectivity index (χ0) is 20.6. The first kappa shape index (κ1) is 20.2. The van der Waals surface area contributed by atoms with Crippen molar-refractivity contribution in [1.82, 2.24) is 9.88 Å². The van der Waals surface area contributed by atoms with Crippen molar-refractivity contribution in [3.8, 4) is 17.8 Å². The van der Waals surface area contributed by atoms with Crippen LogP contribution in [-0.2, 0) is 11.3 Å². The minimum atomic E-state index is 0.375. The van der Waals surface area contributed by atoms with Gasteiger partial charge in [0.05, 0.1) is 17.4 Å². The molecule has 1 aliphatic rings. The Balaban J connectivity index is 1.24. The smallest absolute Gasteiger partial charge is 0.140 e. The van der Waals surface area contributed by atoms with Gasteiger partial charge in [0.15, 0.2) is 0 Å². The predicted molar refractivity (Wildman–Crippen MR) is 120 cm³/mol. The molecule has 0 radical (unpaired) electrons. The highest BCUT2D eigenvalue weighted by molar-refractivity contribution is 5.81. The van der Waals surface area contributed by atoms with Gasteiger partial charge in [0.2, 0.25) is 0 Å². The lowest BCUT2D eigenvalue weighted by Crippen LogP contribution is -2.38. The van der Waals surface area contributed by atoms with Gasteiger partial charge in [-0.1, -0.05) is 30.3 Å². The number of piperidine rings is 1. The summed E-state index contributed by atoms with van der Waals surface area (Å²) in [6.07, 6.45) is 6.84. The number of pyridine rings is 1. The zero-order valence-electron chi connectivity index (χ0n) is 17.3. The number of rotatable bonds is 6. The molecule has 4 rings (SSSR count). The average molecular weight is 402 g/mol. The van der Waals surface area contributed by atoms with Crippen LogP contribution in [0, 0.1) is 12.0 Å². The number of nitrogens with one attached hydrogen (secondary N) is 1. The van der Waals surface area contributed by atoms with Gasteiger partial charge in [-0.2, -0.15) is 0 Å². The number of aromatic nitrogens is 1. The lowest BCUT2D eigenvalue weighted by molar-refractivity contribution is 0.211. The van der Waals surface area contributed by atoms with Gasteiger partial charge in [0, 0.05) is 38.2 Å². The normalized spacial score (nSPS) is 14.8. The van der Waals surface area contributed by atoms with Crippen LogP contribution in [0.3, 0.4) is 0 Å². The summed E-state index contributed by atoms with van der Waals surface area (Å²) < 4.78 is 10.3. The second kappa shape index (κ2) is 10.1. The molecule has 0 amide bonds. The van der Waals surface area contributed by atoms with Crippen molar-refractivity contribution in [3.05, 3.63) is 66.4 Å². The van der Waals surface area contributed by atoms with E-state index >= 15 is 0 Å². The maximum atomic E-state index is 5.38. The number of anilines is 1. The third kappa shape index (κ3) is 5.50. The molecule has 1 saturated heterocycles. The van der Waals surface area contributed by atoms with Crippen molar-refractivity contribution in [3.63, 3.8) is 0 Å². The lowest BCUT2D eigenvalue weighted by atomic mass is 10.0. The first-order valence-electron chi connectivity index (χ1n) is 10.4. The molecule has 0 saturated carbocycles. The van der Waals surface area contributed by atoms with Crippen LogP contribution in [0.2, 0.25) is 0 Å². The highest BCUT2D eigenvalue weighted by Crippen LogP contribution is 2.21. The van der Waals surface area contributed by atoms with Crippen molar-refractivity contribution >= 4 is 16.6 Å². The van der Waals surface area contributed by atoms with Gasteiger partial charge in [-0.05, 0) is 48.6 Å². The largest absolute Gasteiger partial charge is 0.407 e. The number of ether oxygens (including phenoxy) is 2. The average Bonchev–Trinajstić information content (AvgIpc) is 2.79. The summed E-state index contributed by atoms with van der Waals surface area (Å²) in [5.74, 6) is 3.54. The molecule has 3 aromatic rings. The molecule has 0 aliphatic carbocycles. The number of hydrogen-bond donors (Lipinski definition) is 1. The van der Waals surface area contributed by atoms with E-state index in [0.29, 0.717) is 12.6 Å². The van der Waals surface area contributed by atoms with Gasteiger partial charge in [-0.25, -0.2) is 0 Å². The SMILES string of the molecule is COCC#COc1ccc(CN2CCC(Nc3cnc4ccccc4c3)CC2)cc1. The van der Waals surface area contributed by atoms with E-state index in [1.807, 2.05) is 30.5 Å². The molecule has 30 heavy (non-hydrogen) atoms. The Morgan fingerprint density at radius 1 is 1.10 bits per heavy atom. The van der Waals surface area contributed by atoms with Crippen LogP contribution in [0.25, 0.3) is 10.9 Å². The molecular formula is C25H27N3O2. The van der Waals surface area contributed by atoms with E-state index < -0.39 is 0 Å². The number of nitrogens with zero attached hydrogens (tertiary/aromatic N) is 2. The van der Waals surface area contributed by atoms with Gasteiger partial charge in [-0.15, -0.1) is 0 Å². The lowest BCUT2D eigenvalue weighted by Gasteiger charge is -2.32. The van der Waals surface area contributed by atoms with Crippen molar-refractivity contribution in [1.29, 1.82) is 0 Å². The third-order valence-electron chi connectivity index (χ3n) is 5.34. The van der Waals surface area contributed by atoms with E-state index in [-0.39, 0.29) is 0 Å². The van der Waals surface area contributed by atoms with Crippen LogP contribution in [0.5, 0.6) is 5.75 Å². The standard InChI is InChI=1S/C25H27N3O2/c1-29-15-4-16-30-24-9-7-20(8-10-24)19-28-13-11-22(12-14-28)27-23-17-21-5-2-3-6-25(21)26-18-23/h2-3,5-10,17-18,22,27H,11-15,19H2,1H3. The van der Waals surface area contributed by atoms with E-state index in [9.17, 15) is 0 Å². The van der Waals surface area contributed by atoms with Crippen molar-refractivity contribution < 1.29 is 9.47 Å². The summed E-state index contributed by atoms with van der Waals surface area (Å²) in [6.45, 7) is 3.50. The zero-order valence-corrected chi connectivity index (χ0v) is 17.3. The van der Waals surface area contributed by atoms with Crippen LogP contribution in [0.1, 0.15) is 18.4 Å². The molecule has 5 nitrogen and oxygen atoms in total. The Bertz CT molecular complexity index is 1020. The molecule has 1 N–H and O–H groups in total. The van der Waals surface area contributed by atoms with Crippen molar-refractivity contribution in [2.45, 2.75) is 25.4 Å². The second-order valence-corrected chi connectivity index (χ2v) is 7.57. The number of fused-ring (bicyclic) bond motifs is 1. The number of benzene rings is 2. The minimum absolute atomic E-state index is 0.375. The molecular weight excluding hydrogens is 374 g/mol. The number of para-hydroxylation sites is 1. The monoisotopic (exact) mass is 401 g/mol. The summed E-state index contributed by atoms with van der Waals surface area (Å²) in [7, 11) is 1.61. The summed E-state index contributed by atoms with van der Waals surface area (Å²) in [4.78, 5) is 7.06. The summed E-state index contributed by atoms with van der Waals surface area (Å²) >= 11 is 0. The number of hydrogen-bond acceptors (Lipinski definition) is 5. The van der Waals surface area contributed by atoms with E-state index in [1.165, 1.54) is 10.9 Å². The molecule has 0 atom stereocenters. The van der Waals surface area contributed by atoms with Crippen LogP contribution in [0.15, 0.2) is 60.8 Å². The fourth-order valence-corrected chi connectivity index (χ4v) is 3.74. The maximum absolute atomic E-state index is 5.38. The minimum Gasteiger partial charge on any atom is -0.407 e. The molecule has 154 valence electrons. The van der Waals surface area contributed by atoms with Gasteiger partial charge < -0.3 is 14.8 Å². The van der Waals surface area contributed by atoms with Crippen molar-refractivity contribution in [2.75, 3.05) is 32.1 Å².